The monoisotopic (exact) mass is 1180 g/mol. The smallest absolute Gasteiger partial charge is 0.0534 e. The molecule has 80 heavy (non-hydrogen) atoms. The third-order valence-electron chi connectivity index (χ3n) is 16.4. The van der Waals surface area contributed by atoms with Crippen LogP contribution < -0.4 is 0 Å². The van der Waals surface area contributed by atoms with Gasteiger partial charge in [-0.2, -0.15) is 0 Å². The molecule has 0 saturated heterocycles. The van der Waals surface area contributed by atoms with E-state index in [0.29, 0.717) is 0 Å². The van der Waals surface area contributed by atoms with Crippen LogP contribution in [0.3, 0.4) is 0 Å². The number of hydrogen-bond donors (Lipinski definition) is 0. The second kappa shape index (κ2) is 18.0. The van der Waals surface area contributed by atoms with Gasteiger partial charge in [0.05, 0.1) is 37.6 Å². The predicted molar refractivity (Wildman–Crippen MR) is 373 cm³/mol. The molecule has 8 heteroatoms. The molecule has 0 radical (unpaired) electrons. The molecular weight excluding hydrogens is 1120 g/mol. The van der Waals surface area contributed by atoms with Gasteiger partial charge in [0.2, 0.25) is 0 Å². The van der Waals surface area contributed by atoms with Crippen molar-refractivity contribution in [3.63, 3.8) is 0 Å². The Morgan fingerprint density at radius 2 is 0.325 bits per heavy atom. The van der Waals surface area contributed by atoms with Crippen LogP contribution >= 0.6 is 90.7 Å². The first-order chi connectivity index (χ1) is 38.2. The minimum atomic E-state index is 0.0540. The van der Waals surface area contributed by atoms with E-state index in [2.05, 4.69) is 229 Å². The Kier molecular flexibility index (Phi) is 11.6. The number of hydrogen-bond acceptors (Lipinski definition) is 8. The summed E-state index contributed by atoms with van der Waals surface area (Å²) in [6.07, 6.45) is 0. The van der Waals surface area contributed by atoms with Crippen LogP contribution in [0.5, 0.6) is 0 Å². The van der Waals surface area contributed by atoms with E-state index < -0.39 is 0 Å². The van der Waals surface area contributed by atoms with Crippen molar-refractivity contribution in [3.8, 4) is 0 Å². The van der Waals surface area contributed by atoms with Gasteiger partial charge in [-0.25, -0.2) is 0 Å². The average molecular weight is 1180 g/mol. The van der Waals surface area contributed by atoms with Gasteiger partial charge in [-0.05, 0) is 141 Å². The molecule has 0 amide bonds. The van der Waals surface area contributed by atoms with E-state index in [4.69, 9.17) is 0 Å². The fraction of sp³-hybridized carbons (Fsp3) is 0.222. The van der Waals surface area contributed by atoms with Crippen LogP contribution in [0.25, 0.3) is 140 Å². The van der Waals surface area contributed by atoms with E-state index in [1.54, 1.807) is 0 Å². The second-order valence-corrected chi connectivity index (χ2v) is 34.4. The molecule has 16 rings (SSSR count). The Labute approximate surface area is 498 Å². The Bertz CT molecular complexity index is 4390. The van der Waals surface area contributed by atoms with Crippen LogP contribution in [0.2, 0.25) is 0 Å². The van der Waals surface area contributed by atoms with Crippen molar-refractivity contribution in [2.75, 3.05) is 0 Å². The number of rotatable bonds is 0. The summed E-state index contributed by atoms with van der Waals surface area (Å²) in [7, 11) is 0. The Balaban J connectivity index is 0.000000138. The van der Waals surface area contributed by atoms with Gasteiger partial charge in [0.15, 0.2) is 0 Å². The highest BCUT2D eigenvalue weighted by Gasteiger charge is 2.28. The molecule has 0 aliphatic rings. The van der Waals surface area contributed by atoms with Gasteiger partial charge in [0, 0.05) is 102 Å². The van der Waals surface area contributed by atoms with Crippen LogP contribution in [0.4, 0.5) is 0 Å². The van der Waals surface area contributed by atoms with E-state index >= 15 is 0 Å². The summed E-state index contributed by atoms with van der Waals surface area (Å²) in [4.78, 5) is 0. The Hall–Kier alpha value is -5.52. The van der Waals surface area contributed by atoms with E-state index in [1.807, 2.05) is 90.7 Å². The molecule has 4 heterocycles. The van der Waals surface area contributed by atoms with Crippen molar-refractivity contribution in [2.24, 2.45) is 0 Å². The zero-order valence-corrected chi connectivity index (χ0v) is 53.7. The fourth-order valence-electron chi connectivity index (χ4n) is 12.0. The van der Waals surface area contributed by atoms with Crippen molar-refractivity contribution in [3.05, 3.63) is 168 Å². The molecule has 0 atom stereocenters. The maximum Gasteiger partial charge on any atom is 0.0534 e. The summed E-state index contributed by atoms with van der Waals surface area (Å²) in [6, 6.07) is 55.8. The molecular formula is C72H60S8. The average Bonchev–Trinajstić information content (AvgIpc) is 3.63. The fourth-order valence-corrected chi connectivity index (χ4v) is 22.0. The second-order valence-electron chi connectivity index (χ2n) is 26.0. The summed E-state index contributed by atoms with van der Waals surface area (Å²) < 4.78 is 22.3. The summed E-state index contributed by atoms with van der Waals surface area (Å²) in [5.74, 6) is 0. The summed E-state index contributed by atoms with van der Waals surface area (Å²) >= 11 is 15.7. The molecule has 16 aromatic rings. The first-order valence-electron chi connectivity index (χ1n) is 27.7. The van der Waals surface area contributed by atoms with E-state index in [1.165, 1.54) is 162 Å². The highest BCUT2D eigenvalue weighted by molar-refractivity contribution is 7.39. The topological polar surface area (TPSA) is 0 Å². The quantitative estimate of drug-likeness (QED) is 0.105. The van der Waals surface area contributed by atoms with Crippen molar-refractivity contribution in [1.29, 1.82) is 0 Å². The lowest BCUT2D eigenvalue weighted by Crippen LogP contribution is -2.12. The highest BCUT2D eigenvalue weighted by atomic mass is 32.1. The lowest BCUT2D eigenvalue weighted by atomic mass is 9.81. The third-order valence-corrected chi connectivity index (χ3v) is 27.1. The van der Waals surface area contributed by atoms with Crippen molar-refractivity contribution in [2.45, 2.75) is 105 Å². The molecule has 0 saturated carbocycles. The van der Waals surface area contributed by atoms with Crippen LogP contribution in [0, 0.1) is 0 Å². The van der Waals surface area contributed by atoms with Crippen molar-refractivity contribution >= 4 is 231 Å². The molecule has 0 N–H and O–H groups in total. The maximum atomic E-state index is 2.51. The lowest BCUT2D eigenvalue weighted by Gasteiger charge is -2.25. The van der Waals surface area contributed by atoms with E-state index in [9.17, 15) is 0 Å². The van der Waals surface area contributed by atoms with Crippen LogP contribution in [0.15, 0.2) is 146 Å². The Morgan fingerprint density at radius 3 is 0.438 bits per heavy atom. The number of benzene rings is 12. The molecule has 0 fully saturated rings. The molecule has 4 aromatic heterocycles. The van der Waals surface area contributed by atoms with Crippen molar-refractivity contribution in [1.82, 2.24) is 0 Å². The largest absolute Gasteiger partial charge is 0.133 e. The molecule has 0 unspecified atom stereocenters. The molecule has 396 valence electrons. The van der Waals surface area contributed by atoms with Gasteiger partial charge < -0.3 is 0 Å². The van der Waals surface area contributed by atoms with Crippen LogP contribution in [0.1, 0.15) is 105 Å². The number of fused-ring (bicyclic) bond motifs is 16. The first kappa shape index (κ1) is 51.4. The molecule has 0 aliphatic carbocycles. The van der Waals surface area contributed by atoms with Gasteiger partial charge >= 0.3 is 0 Å². The van der Waals surface area contributed by atoms with E-state index in [-0.39, 0.29) is 21.7 Å². The normalized spacial score (nSPS) is 13.2. The molecule has 0 nitrogen and oxygen atoms in total. The maximum absolute atomic E-state index is 2.51. The summed E-state index contributed by atoms with van der Waals surface area (Å²) in [6.45, 7) is 28.2. The summed E-state index contributed by atoms with van der Waals surface area (Å²) in [5, 5.41) is 17.1. The van der Waals surface area contributed by atoms with Gasteiger partial charge in [0.1, 0.15) is 0 Å². The van der Waals surface area contributed by atoms with Crippen molar-refractivity contribution < 1.29 is 0 Å². The molecule has 0 spiro atoms. The zero-order chi connectivity index (χ0) is 55.1. The van der Waals surface area contributed by atoms with E-state index in [0.717, 1.165) is 0 Å². The van der Waals surface area contributed by atoms with Crippen LogP contribution in [-0.2, 0) is 21.7 Å². The highest BCUT2D eigenvalue weighted by Crippen LogP contribution is 2.55. The van der Waals surface area contributed by atoms with Gasteiger partial charge in [-0.1, -0.05) is 132 Å². The molecule has 0 bridgehead atoms. The zero-order valence-electron chi connectivity index (χ0n) is 47.1. The lowest BCUT2D eigenvalue weighted by molar-refractivity contribution is 0.591. The summed E-state index contributed by atoms with van der Waals surface area (Å²) in [5.41, 5.74) is 5.85. The SMILES string of the molecule is CC(C)(C)c1cc2c3sc4ccccc4sc3c3cc(C(C)(C)C)cc4c5sc6ccccc6sc5c(c1)c2c34.CC(C)(C)c1cc2c3sc4ccccc4sc3c3cc(C(C)(C)C)cc4c5sc6ccccc6sc5c(c1)c2c34. The van der Waals surface area contributed by atoms with Gasteiger partial charge in [-0.3, -0.25) is 0 Å². The minimum Gasteiger partial charge on any atom is -0.133 e. The standard InChI is InChI=1S/2C36H30S4/c2*1-35(2,3)19-15-21-29-22(16-19)32-34(40-28-14-10-8-12-26(28)38-32)24-18-20(36(4,5)6)17-23(30(24)29)33-31(21)37-25-11-7-9-13-27(25)39-33/h2*7-18H,1-6H3. The van der Waals surface area contributed by atoms with Gasteiger partial charge in [-0.15, -0.1) is 90.7 Å². The van der Waals surface area contributed by atoms with Crippen LogP contribution in [-0.4, -0.2) is 0 Å². The minimum absolute atomic E-state index is 0.0540. The Morgan fingerprint density at radius 1 is 0.200 bits per heavy atom. The molecule has 0 aliphatic heterocycles. The predicted octanol–water partition coefficient (Wildman–Crippen LogP) is 26.3. The van der Waals surface area contributed by atoms with Gasteiger partial charge in [0.25, 0.3) is 0 Å². The molecule has 12 aromatic carbocycles. The first-order valence-corrected chi connectivity index (χ1v) is 34.2. The third kappa shape index (κ3) is 8.05.